The first-order valence-electron chi connectivity index (χ1n) is 7.93. The number of rotatable bonds is 4. The minimum atomic E-state index is 0. The standard InChI is InChI=1S/C17H23N3O2.H2S/c1-10(2)14-8-21-16(19-14)12-6-5-7-13(18-12)17-20-15(9-22-17)11(3)4;/h5-7,10-11,14-15H,8-9H2,1-4H3;1H2/t14-,15-;/m0./s1. The minimum Gasteiger partial charge on any atom is -0.474 e. The molecular weight excluding hydrogens is 310 g/mol. The lowest BCUT2D eigenvalue weighted by Gasteiger charge is -2.06. The topological polar surface area (TPSA) is 56.1 Å². The van der Waals surface area contributed by atoms with Gasteiger partial charge in [0.25, 0.3) is 0 Å². The molecule has 2 aliphatic heterocycles. The minimum absolute atomic E-state index is 0. The summed E-state index contributed by atoms with van der Waals surface area (Å²) < 4.78 is 11.4. The molecule has 0 saturated heterocycles. The summed E-state index contributed by atoms with van der Waals surface area (Å²) in [4.78, 5) is 13.9. The van der Waals surface area contributed by atoms with E-state index < -0.39 is 0 Å². The van der Waals surface area contributed by atoms with Crippen LogP contribution in [0.3, 0.4) is 0 Å². The fourth-order valence-electron chi connectivity index (χ4n) is 2.42. The Kier molecular flexibility index (Phi) is 5.68. The van der Waals surface area contributed by atoms with Crippen LogP contribution in [0.25, 0.3) is 0 Å². The molecule has 0 radical (unpaired) electrons. The van der Waals surface area contributed by atoms with Crippen LogP contribution in [-0.4, -0.2) is 42.1 Å². The maximum atomic E-state index is 5.70. The van der Waals surface area contributed by atoms with Gasteiger partial charge in [-0.1, -0.05) is 33.8 Å². The van der Waals surface area contributed by atoms with Crippen LogP contribution in [0.15, 0.2) is 28.2 Å². The van der Waals surface area contributed by atoms with Gasteiger partial charge in [0.1, 0.15) is 24.6 Å². The summed E-state index contributed by atoms with van der Waals surface area (Å²) in [6, 6.07) is 6.21. The summed E-state index contributed by atoms with van der Waals surface area (Å²) in [7, 11) is 0. The van der Waals surface area contributed by atoms with Gasteiger partial charge in [-0.3, -0.25) is 0 Å². The third-order valence-electron chi connectivity index (χ3n) is 4.07. The van der Waals surface area contributed by atoms with Crippen molar-refractivity contribution in [2.75, 3.05) is 13.2 Å². The quantitative estimate of drug-likeness (QED) is 0.850. The SMILES string of the molecule is CC(C)[C@@H]1COC(c2cccc(C3=N[C@H](C(C)C)CO3)n2)=N1.S. The number of aromatic nitrogens is 1. The number of hydrogen-bond donors (Lipinski definition) is 0. The van der Waals surface area contributed by atoms with Gasteiger partial charge in [-0.05, 0) is 24.0 Å². The molecule has 1 aromatic heterocycles. The van der Waals surface area contributed by atoms with E-state index in [0.717, 1.165) is 11.4 Å². The van der Waals surface area contributed by atoms with Gasteiger partial charge in [-0.2, -0.15) is 13.5 Å². The predicted molar refractivity (Wildman–Crippen MR) is 96.8 cm³/mol. The molecule has 3 heterocycles. The Morgan fingerprint density at radius 1 is 0.870 bits per heavy atom. The van der Waals surface area contributed by atoms with Crippen LogP contribution < -0.4 is 0 Å². The van der Waals surface area contributed by atoms with Crippen molar-refractivity contribution in [1.29, 1.82) is 0 Å². The highest BCUT2D eigenvalue weighted by Gasteiger charge is 2.26. The highest BCUT2D eigenvalue weighted by atomic mass is 32.1. The Labute approximate surface area is 144 Å². The number of pyridine rings is 1. The van der Waals surface area contributed by atoms with Gasteiger partial charge in [0.2, 0.25) is 11.8 Å². The molecule has 0 spiro atoms. The van der Waals surface area contributed by atoms with E-state index in [1.54, 1.807) is 0 Å². The molecule has 5 nitrogen and oxygen atoms in total. The van der Waals surface area contributed by atoms with Crippen LogP contribution in [0, 0.1) is 11.8 Å². The van der Waals surface area contributed by atoms with Crippen molar-refractivity contribution < 1.29 is 9.47 Å². The van der Waals surface area contributed by atoms with Gasteiger partial charge >= 0.3 is 0 Å². The monoisotopic (exact) mass is 335 g/mol. The van der Waals surface area contributed by atoms with Gasteiger partial charge < -0.3 is 9.47 Å². The van der Waals surface area contributed by atoms with Gasteiger partial charge in [-0.25, -0.2) is 15.0 Å². The summed E-state index contributed by atoms with van der Waals surface area (Å²) >= 11 is 0. The Morgan fingerprint density at radius 2 is 1.30 bits per heavy atom. The van der Waals surface area contributed by atoms with Crippen LogP contribution in [0.4, 0.5) is 0 Å². The van der Waals surface area contributed by atoms with Crippen molar-refractivity contribution in [3.05, 3.63) is 29.6 Å². The van der Waals surface area contributed by atoms with E-state index in [4.69, 9.17) is 9.47 Å². The van der Waals surface area contributed by atoms with E-state index in [1.807, 2.05) is 18.2 Å². The first-order valence-corrected chi connectivity index (χ1v) is 7.93. The molecule has 1 aromatic rings. The maximum absolute atomic E-state index is 5.70. The fraction of sp³-hybridized carbons (Fsp3) is 0.588. The van der Waals surface area contributed by atoms with E-state index in [0.29, 0.717) is 36.8 Å². The lowest BCUT2D eigenvalue weighted by molar-refractivity contribution is 0.290. The molecule has 0 bridgehead atoms. The van der Waals surface area contributed by atoms with Crippen LogP contribution in [-0.2, 0) is 9.47 Å². The lowest BCUT2D eigenvalue weighted by atomic mass is 10.1. The Balaban J connectivity index is 0.00000192. The van der Waals surface area contributed by atoms with E-state index in [1.165, 1.54) is 0 Å². The molecule has 0 aromatic carbocycles. The molecule has 0 saturated carbocycles. The Morgan fingerprint density at radius 3 is 1.65 bits per heavy atom. The zero-order valence-electron chi connectivity index (χ0n) is 14.1. The van der Waals surface area contributed by atoms with E-state index >= 15 is 0 Å². The number of nitrogens with zero attached hydrogens (tertiary/aromatic N) is 3. The summed E-state index contributed by atoms with van der Waals surface area (Å²) in [5.41, 5.74) is 1.50. The van der Waals surface area contributed by atoms with Crippen molar-refractivity contribution in [3.8, 4) is 0 Å². The summed E-state index contributed by atoms with van der Waals surface area (Å²) in [6.07, 6.45) is 0. The molecule has 23 heavy (non-hydrogen) atoms. The molecule has 6 heteroatoms. The fourth-order valence-corrected chi connectivity index (χ4v) is 2.42. The summed E-state index contributed by atoms with van der Waals surface area (Å²) in [6.45, 7) is 9.86. The second kappa shape index (κ2) is 7.34. The maximum Gasteiger partial charge on any atom is 0.235 e. The van der Waals surface area contributed by atoms with Gasteiger partial charge in [0, 0.05) is 0 Å². The smallest absolute Gasteiger partial charge is 0.235 e. The normalized spacial score (nSPS) is 23.2. The second-order valence-corrected chi connectivity index (χ2v) is 6.52. The lowest BCUT2D eigenvalue weighted by Crippen LogP contribution is -2.13. The van der Waals surface area contributed by atoms with E-state index in [-0.39, 0.29) is 25.6 Å². The highest BCUT2D eigenvalue weighted by Crippen LogP contribution is 2.19. The third kappa shape index (κ3) is 3.86. The first kappa shape index (κ1) is 17.8. The third-order valence-corrected chi connectivity index (χ3v) is 4.07. The van der Waals surface area contributed by atoms with Crippen molar-refractivity contribution in [2.45, 2.75) is 39.8 Å². The molecule has 2 aliphatic rings. The number of aliphatic imine (C=N–C) groups is 2. The molecule has 0 aliphatic carbocycles. The predicted octanol–water partition coefficient (Wildman–Crippen LogP) is 2.80. The van der Waals surface area contributed by atoms with Crippen LogP contribution in [0.1, 0.15) is 39.1 Å². The first-order chi connectivity index (χ1) is 10.5. The molecule has 0 N–H and O–H groups in total. The van der Waals surface area contributed by atoms with Crippen molar-refractivity contribution >= 4 is 25.3 Å². The zero-order valence-corrected chi connectivity index (χ0v) is 15.1. The second-order valence-electron chi connectivity index (χ2n) is 6.52. The van der Waals surface area contributed by atoms with E-state index in [9.17, 15) is 0 Å². The molecule has 0 fully saturated rings. The average Bonchev–Trinajstić information content (AvgIpc) is 3.17. The molecule has 0 amide bonds. The van der Waals surface area contributed by atoms with Crippen molar-refractivity contribution in [2.24, 2.45) is 21.8 Å². The number of ether oxygens (including phenoxy) is 2. The molecule has 3 rings (SSSR count). The number of hydrogen-bond acceptors (Lipinski definition) is 5. The molecular formula is C17H25N3O2S. The van der Waals surface area contributed by atoms with Gasteiger partial charge in [-0.15, -0.1) is 0 Å². The Bertz CT molecular complexity index is 564. The van der Waals surface area contributed by atoms with E-state index in [2.05, 4.69) is 42.7 Å². The highest BCUT2D eigenvalue weighted by molar-refractivity contribution is 7.59. The summed E-state index contributed by atoms with van der Waals surface area (Å²) in [5, 5.41) is 0. The molecule has 126 valence electrons. The largest absolute Gasteiger partial charge is 0.474 e. The average molecular weight is 335 g/mol. The summed E-state index contributed by atoms with van der Waals surface area (Å²) in [5.74, 6) is 2.18. The molecule has 2 atom stereocenters. The van der Waals surface area contributed by atoms with Crippen molar-refractivity contribution in [3.63, 3.8) is 0 Å². The van der Waals surface area contributed by atoms with Crippen LogP contribution >= 0.6 is 13.5 Å². The van der Waals surface area contributed by atoms with Crippen LogP contribution in [0.5, 0.6) is 0 Å². The van der Waals surface area contributed by atoms with Crippen molar-refractivity contribution in [1.82, 2.24) is 4.98 Å². The van der Waals surface area contributed by atoms with Gasteiger partial charge in [0.15, 0.2) is 0 Å². The molecule has 0 unspecified atom stereocenters. The van der Waals surface area contributed by atoms with Gasteiger partial charge in [0.05, 0.1) is 12.1 Å². The zero-order chi connectivity index (χ0) is 15.7. The Hall–Kier alpha value is -1.56. The van der Waals surface area contributed by atoms with Crippen LogP contribution in [0.2, 0.25) is 0 Å².